The fraction of sp³-hybridized carbons (Fsp3) is 1.00. The van der Waals surface area contributed by atoms with Crippen molar-refractivity contribution >= 4 is 0 Å². The maximum absolute atomic E-state index is 8.63. The van der Waals surface area contributed by atoms with Crippen LogP contribution in [0.5, 0.6) is 0 Å². The van der Waals surface area contributed by atoms with Crippen molar-refractivity contribution in [2.24, 2.45) is 0 Å². The fourth-order valence-corrected chi connectivity index (χ4v) is 2.13. The molecule has 0 unspecified atom stereocenters. The normalized spacial score (nSPS) is 10.2. The van der Waals surface area contributed by atoms with Crippen LogP contribution in [-0.2, 0) is 22.4 Å². The molecule has 0 aliphatic heterocycles. The molecule has 0 fully saturated rings. The van der Waals surface area contributed by atoms with Gasteiger partial charge in [0.2, 0.25) is 0 Å². The molecule has 0 bridgehead atoms. The van der Waals surface area contributed by atoms with E-state index >= 15 is 0 Å². The molecule has 1 N–H and O–H groups in total. The van der Waals surface area contributed by atoms with Gasteiger partial charge in [0.25, 0.3) is 0 Å². The molecule has 0 heterocycles. The molecule has 0 aromatic carbocycles. The van der Waals surface area contributed by atoms with Crippen LogP contribution in [0.3, 0.4) is 0 Å². The average molecular weight is 321 g/mol. The van der Waals surface area contributed by atoms with E-state index in [4.69, 9.17) is 5.11 Å². The molecule has 103 valence electrons. The van der Waals surface area contributed by atoms with Gasteiger partial charge in [0.15, 0.2) is 0 Å². The average Bonchev–Trinajstić information content (AvgIpc) is 2.31. The summed E-state index contributed by atoms with van der Waals surface area (Å²) in [6, 6.07) is 0. The molecule has 0 aromatic heterocycles. The number of hydrogen-bond donors (Lipinski definition) is 1. The predicted octanol–water partition coefficient (Wildman–Crippen LogP) is 5.07. The zero-order valence-electron chi connectivity index (χ0n) is 11.8. The van der Waals surface area contributed by atoms with Crippen LogP contribution in [0.2, 0.25) is 0 Å². The van der Waals surface area contributed by atoms with E-state index in [0.29, 0.717) is 6.61 Å². The Hall–Kier alpha value is 0.700. The van der Waals surface area contributed by atoms with Gasteiger partial charge >= 0.3 is 0 Å². The number of unbranched alkanes of at least 4 members (excludes halogenated alkanes) is 12. The van der Waals surface area contributed by atoms with Crippen LogP contribution >= 0.6 is 0 Å². The molecule has 0 aromatic rings. The fourth-order valence-electron chi connectivity index (χ4n) is 2.13. The van der Waals surface area contributed by atoms with Gasteiger partial charge in [0.1, 0.15) is 0 Å². The Kier molecular flexibility index (Phi) is 22.4. The smallest absolute Gasteiger partial charge is 0.0431 e. The minimum Gasteiger partial charge on any atom is -0.396 e. The molecule has 0 saturated heterocycles. The molecule has 1 nitrogen and oxygen atoms in total. The van der Waals surface area contributed by atoms with Crippen molar-refractivity contribution in [1.29, 1.82) is 0 Å². The maximum Gasteiger partial charge on any atom is 0.0431 e. The molecule has 0 spiro atoms. The SMILES string of the molecule is CCCCCCCCCCCCCCCO.[Nb]. The van der Waals surface area contributed by atoms with Gasteiger partial charge in [-0.3, -0.25) is 0 Å². The van der Waals surface area contributed by atoms with Crippen LogP contribution in [0.1, 0.15) is 90.4 Å². The van der Waals surface area contributed by atoms with E-state index in [1.165, 1.54) is 77.0 Å². The first-order valence-corrected chi connectivity index (χ1v) is 7.52. The van der Waals surface area contributed by atoms with E-state index < -0.39 is 0 Å². The molecule has 0 aliphatic rings. The first kappa shape index (κ1) is 20.0. The van der Waals surface area contributed by atoms with Crippen molar-refractivity contribution in [2.75, 3.05) is 6.61 Å². The van der Waals surface area contributed by atoms with Crippen LogP contribution < -0.4 is 0 Å². The van der Waals surface area contributed by atoms with E-state index in [1.54, 1.807) is 0 Å². The van der Waals surface area contributed by atoms with Gasteiger partial charge in [0.05, 0.1) is 0 Å². The van der Waals surface area contributed by atoms with Crippen LogP contribution in [0.25, 0.3) is 0 Å². The molecule has 0 aliphatic carbocycles. The first-order chi connectivity index (χ1) is 7.91. The molecule has 0 rings (SSSR count). The number of aliphatic hydroxyl groups is 1. The van der Waals surface area contributed by atoms with Gasteiger partial charge < -0.3 is 5.11 Å². The summed E-state index contributed by atoms with van der Waals surface area (Å²) in [6.45, 7) is 2.65. The summed E-state index contributed by atoms with van der Waals surface area (Å²) in [7, 11) is 0. The second-order valence-electron chi connectivity index (χ2n) is 4.97. The van der Waals surface area contributed by atoms with Crippen molar-refractivity contribution in [3.8, 4) is 0 Å². The first-order valence-electron chi connectivity index (χ1n) is 7.52. The zero-order valence-corrected chi connectivity index (χ0v) is 14.0. The number of aliphatic hydroxyl groups excluding tert-OH is 1. The van der Waals surface area contributed by atoms with Crippen molar-refractivity contribution in [3.63, 3.8) is 0 Å². The third-order valence-corrected chi connectivity index (χ3v) is 3.26. The zero-order chi connectivity index (χ0) is 11.9. The van der Waals surface area contributed by atoms with Crippen LogP contribution in [0.4, 0.5) is 0 Å². The molecular formula is C15H32NbO. The van der Waals surface area contributed by atoms with Gasteiger partial charge in [-0.25, -0.2) is 0 Å². The predicted molar refractivity (Wildman–Crippen MR) is 72.8 cm³/mol. The molecule has 17 heavy (non-hydrogen) atoms. The van der Waals surface area contributed by atoms with Gasteiger partial charge in [-0.1, -0.05) is 84.0 Å². The van der Waals surface area contributed by atoms with E-state index in [0.717, 1.165) is 6.42 Å². The van der Waals surface area contributed by atoms with Crippen LogP contribution in [-0.4, -0.2) is 11.7 Å². The summed E-state index contributed by atoms with van der Waals surface area (Å²) in [5, 5.41) is 8.63. The summed E-state index contributed by atoms with van der Waals surface area (Å²) < 4.78 is 0. The molecular weight excluding hydrogens is 289 g/mol. The van der Waals surface area contributed by atoms with Gasteiger partial charge in [-0.2, -0.15) is 0 Å². The quantitative estimate of drug-likeness (QED) is 0.371. The summed E-state index contributed by atoms with van der Waals surface area (Å²) in [4.78, 5) is 0. The molecule has 0 amide bonds. The van der Waals surface area contributed by atoms with Crippen molar-refractivity contribution in [1.82, 2.24) is 0 Å². The summed E-state index contributed by atoms with van der Waals surface area (Å²) >= 11 is 0. The summed E-state index contributed by atoms with van der Waals surface area (Å²) in [6.07, 6.45) is 17.7. The van der Waals surface area contributed by atoms with Crippen LogP contribution in [0, 0.1) is 0 Å². The van der Waals surface area contributed by atoms with E-state index in [9.17, 15) is 0 Å². The second-order valence-corrected chi connectivity index (χ2v) is 4.97. The minimum absolute atomic E-state index is 0. The molecule has 0 atom stereocenters. The van der Waals surface area contributed by atoms with E-state index in [1.807, 2.05) is 0 Å². The Morgan fingerprint density at radius 1 is 0.529 bits per heavy atom. The Labute approximate surface area is 124 Å². The third-order valence-electron chi connectivity index (χ3n) is 3.26. The van der Waals surface area contributed by atoms with Gasteiger partial charge in [-0.05, 0) is 6.42 Å². The topological polar surface area (TPSA) is 20.2 Å². The number of rotatable bonds is 13. The Morgan fingerprint density at radius 2 is 0.824 bits per heavy atom. The molecule has 1 radical (unpaired) electrons. The largest absolute Gasteiger partial charge is 0.396 e. The maximum atomic E-state index is 8.63. The van der Waals surface area contributed by atoms with Crippen molar-refractivity contribution in [2.45, 2.75) is 90.4 Å². The molecule has 0 saturated carbocycles. The second kappa shape index (κ2) is 19.0. The molecule has 2 heteroatoms. The Balaban J connectivity index is 0. The van der Waals surface area contributed by atoms with Crippen molar-refractivity contribution in [3.05, 3.63) is 0 Å². The Morgan fingerprint density at radius 3 is 1.12 bits per heavy atom. The third kappa shape index (κ3) is 19.2. The number of hydrogen-bond acceptors (Lipinski definition) is 1. The summed E-state index contributed by atoms with van der Waals surface area (Å²) in [5.74, 6) is 0. The van der Waals surface area contributed by atoms with E-state index in [-0.39, 0.29) is 22.4 Å². The van der Waals surface area contributed by atoms with Gasteiger partial charge in [0, 0.05) is 29.0 Å². The standard InChI is InChI=1S/C15H32O.Nb/c1-2-3-4-5-6-7-8-9-10-11-12-13-14-15-16;/h16H,2-15H2,1H3;. The van der Waals surface area contributed by atoms with Crippen LogP contribution in [0.15, 0.2) is 0 Å². The Bertz CT molecular complexity index is 103. The van der Waals surface area contributed by atoms with Crippen molar-refractivity contribution < 1.29 is 27.5 Å². The van der Waals surface area contributed by atoms with Gasteiger partial charge in [-0.15, -0.1) is 0 Å². The van der Waals surface area contributed by atoms with E-state index in [2.05, 4.69) is 6.92 Å². The monoisotopic (exact) mass is 321 g/mol. The summed E-state index contributed by atoms with van der Waals surface area (Å²) in [5.41, 5.74) is 0. The minimum atomic E-state index is 0.